The largest absolute Gasteiger partial charge is 0.401 e. The monoisotopic (exact) mass is 337 g/mol. The Balaban J connectivity index is 1.80. The number of hydrogen-bond acceptors (Lipinski definition) is 5. The molecular formula is C12H11ClF3N3OS. The molecule has 0 aliphatic carbocycles. The van der Waals surface area contributed by atoms with E-state index in [2.05, 4.69) is 15.5 Å². The van der Waals surface area contributed by atoms with Crippen molar-refractivity contribution in [3.8, 4) is 0 Å². The molecule has 0 amide bonds. The summed E-state index contributed by atoms with van der Waals surface area (Å²) in [6, 6.07) is 7.29. The molecular weight excluding hydrogens is 327 g/mol. The van der Waals surface area contributed by atoms with Crippen molar-refractivity contribution >= 4 is 23.4 Å². The SMILES string of the molecule is FC(F)(F)CNCc1nc(CSc2cccc(Cl)c2)no1. The molecule has 0 bridgehead atoms. The van der Waals surface area contributed by atoms with Crippen LogP contribution < -0.4 is 5.32 Å². The second-order valence-corrected chi connectivity index (χ2v) is 5.55. The Kier molecular flexibility index (Phi) is 5.49. The van der Waals surface area contributed by atoms with Gasteiger partial charge in [-0.15, -0.1) is 11.8 Å². The Bertz CT molecular complexity index is 591. The highest BCUT2D eigenvalue weighted by Crippen LogP contribution is 2.24. The lowest BCUT2D eigenvalue weighted by Gasteiger charge is -2.05. The molecule has 0 spiro atoms. The van der Waals surface area contributed by atoms with Crippen molar-refractivity contribution in [2.45, 2.75) is 23.4 Å². The van der Waals surface area contributed by atoms with Crippen molar-refractivity contribution in [1.29, 1.82) is 0 Å². The first-order valence-corrected chi connectivity index (χ1v) is 7.26. The maximum Gasteiger partial charge on any atom is 0.401 e. The molecule has 21 heavy (non-hydrogen) atoms. The molecule has 0 atom stereocenters. The summed E-state index contributed by atoms with van der Waals surface area (Å²) in [7, 11) is 0. The average molecular weight is 338 g/mol. The van der Waals surface area contributed by atoms with Crippen LogP contribution in [0.15, 0.2) is 33.7 Å². The lowest BCUT2D eigenvalue weighted by atomic mass is 10.4. The van der Waals surface area contributed by atoms with E-state index in [1.165, 1.54) is 11.8 Å². The van der Waals surface area contributed by atoms with E-state index in [0.717, 1.165) is 4.90 Å². The molecule has 1 aromatic heterocycles. The molecule has 0 aliphatic rings. The van der Waals surface area contributed by atoms with E-state index >= 15 is 0 Å². The van der Waals surface area contributed by atoms with Gasteiger partial charge in [-0.1, -0.05) is 22.8 Å². The molecule has 0 fully saturated rings. The molecule has 1 aromatic carbocycles. The van der Waals surface area contributed by atoms with Gasteiger partial charge in [-0.25, -0.2) is 0 Å². The highest BCUT2D eigenvalue weighted by atomic mass is 35.5. The van der Waals surface area contributed by atoms with Gasteiger partial charge in [0.05, 0.1) is 18.8 Å². The summed E-state index contributed by atoms with van der Waals surface area (Å²) in [6.07, 6.45) is -4.26. The number of benzene rings is 1. The van der Waals surface area contributed by atoms with Gasteiger partial charge in [0.15, 0.2) is 5.82 Å². The number of aromatic nitrogens is 2. The van der Waals surface area contributed by atoms with Crippen LogP contribution in [0, 0.1) is 0 Å². The molecule has 0 aliphatic heterocycles. The van der Waals surface area contributed by atoms with E-state index in [4.69, 9.17) is 16.1 Å². The second-order valence-electron chi connectivity index (χ2n) is 4.07. The Morgan fingerprint density at radius 2 is 2.14 bits per heavy atom. The molecule has 1 N–H and O–H groups in total. The number of thioether (sulfide) groups is 1. The molecule has 1 heterocycles. The van der Waals surface area contributed by atoms with Gasteiger partial charge in [0.1, 0.15) is 0 Å². The highest BCUT2D eigenvalue weighted by Gasteiger charge is 2.26. The predicted octanol–water partition coefficient (Wildman–Crippen LogP) is 3.67. The van der Waals surface area contributed by atoms with Crippen molar-refractivity contribution in [3.63, 3.8) is 0 Å². The standard InChI is InChI=1S/C12H11ClF3N3OS/c13-8-2-1-3-9(4-8)21-6-10-18-11(20-19-10)5-17-7-12(14,15)16/h1-4,17H,5-7H2. The number of halogens is 4. The topological polar surface area (TPSA) is 51.0 Å². The van der Waals surface area contributed by atoms with Gasteiger partial charge < -0.3 is 9.84 Å². The first-order valence-electron chi connectivity index (χ1n) is 5.90. The van der Waals surface area contributed by atoms with Crippen molar-refractivity contribution in [2.24, 2.45) is 0 Å². The van der Waals surface area contributed by atoms with E-state index < -0.39 is 12.7 Å². The molecule has 4 nitrogen and oxygen atoms in total. The van der Waals surface area contributed by atoms with Gasteiger partial charge in [-0.3, -0.25) is 0 Å². The van der Waals surface area contributed by atoms with Crippen LogP contribution in [0.5, 0.6) is 0 Å². The van der Waals surface area contributed by atoms with Crippen LogP contribution in [0.1, 0.15) is 11.7 Å². The Morgan fingerprint density at radius 1 is 1.33 bits per heavy atom. The zero-order chi connectivity index (χ0) is 15.3. The second kappa shape index (κ2) is 7.15. The van der Waals surface area contributed by atoms with Crippen molar-refractivity contribution < 1.29 is 17.7 Å². The lowest BCUT2D eigenvalue weighted by molar-refractivity contribution is -0.125. The van der Waals surface area contributed by atoms with E-state index in [1.54, 1.807) is 12.1 Å². The molecule has 0 saturated heterocycles. The van der Waals surface area contributed by atoms with Gasteiger partial charge in [-0.05, 0) is 18.2 Å². The normalized spacial score (nSPS) is 11.8. The lowest BCUT2D eigenvalue weighted by Crippen LogP contribution is -2.28. The minimum atomic E-state index is -4.26. The number of nitrogens with zero attached hydrogens (tertiary/aromatic N) is 2. The third kappa shape index (κ3) is 5.94. The average Bonchev–Trinajstić information content (AvgIpc) is 2.83. The Labute approximate surface area is 128 Å². The van der Waals surface area contributed by atoms with E-state index in [9.17, 15) is 13.2 Å². The molecule has 2 aromatic rings. The molecule has 0 radical (unpaired) electrons. The summed E-state index contributed by atoms with van der Waals surface area (Å²) in [5.41, 5.74) is 0. The minimum absolute atomic E-state index is 0.117. The Morgan fingerprint density at radius 3 is 2.86 bits per heavy atom. The molecule has 114 valence electrons. The number of nitrogens with one attached hydrogen (secondary N) is 1. The third-order valence-corrected chi connectivity index (χ3v) is 3.50. The van der Waals surface area contributed by atoms with Crippen LogP contribution in [0.25, 0.3) is 0 Å². The van der Waals surface area contributed by atoms with Crippen molar-refractivity contribution in [3.05, 3.63) is 41.0 Å². The zero-order valence-corrected chi connectivity index (χ0v) is 12.2. The van der Waals surface area contributed by atoms with E-state index in [1.807, 2.05) is 12.1 Å². The molecule has 9 heteroatoms. The fourth-order valence-corrected chi connectivity index (χ4v) is 2.49. The Hall–Kier alpha value is -1.25. The van der Waals surface area contributed by atoms with Crippen molar-refractivity contribution in [1.82, 2.24) is 15.5 Å². The van der Waals surface area contributed by atoms with Crippen molar-refractivity contribution in [2.75, 3.05) is 6.54 Å². The molecule has 0 saturated carbocycles. The van der Waals surface area contributed by atoms with Crippen LogP contribution in [-0.2, 0) is 12.3 Å². The van der Waals surface area contributed by atoms with Gasteiger partial charge in [0, 0.05) is 9.92 Å². The minimum Gasteiger partial charge on any atom is -0.338 e. The first-order chi connectivity index (χ1) is 9.92. The first kappa shape index (κ1) is 16.1. The zero-order valence-electron chi connectivity index (χ0n) is 10.7. The predicted molar refractivity (Wildman–Crippen MR) is 73.1 cm³/mol. The van der Waals surface area contributed by atoms with Crippen LogP contribution in [0.3, 0.4) is 0 Å². The van der Waals surface area contributed by atoms with Gasteiger partial charge in [0.2, 0.25) is 5.89 Å². The summed E-state index contributed by atoms with van der Waals surface area (Å²) in [6.45, 7) is -1.21. The van der Waals surface area contributed by atoms with Crippen LogP contribution in [0.2, 0.25) is 5.02 Å². The number of rotatable bonds is 6. The summed E-state index contributed by atoms with van der Waals surface area (Å²) < 4.78 is 40.7. The van der Waals surface area contributed by atoms with Crippen LogP contribution in [-0.4, -0.2) is 22.9 Å². The fourth-order valence-electron chi connectivity index (χ4n) is 1.44. The third-order valence-electron chi connectivity index (χ3n) is 2.28. The summed E-state index contributed by atoms with van der Waals surface area (Å²) in [5, 5.41) is 6.53. The van der Waals surface area contributed by atoms with Crippen LogP contribution >= 0.6 is 23.4 Å². The maximum atomic E-state index is 12.0. The summed E-state index contributed by atoms with van der Waals surface area (Å²) in [5.74, 6) is 0.994. The summed E-state index contributed by atoms with van der Waals surface area (Å²) >= 11 is 7.32. The molecule has 0 unspecified atom stereocenters. The quantitative estimate of drug-likeness (QED) is 0.815. The number of alkyl halides is 3. The highest BCUT2D eigenvalue weighted by molar-refractivity contribution is 7.98. The smallest absolute Gasteiger partial charge is 0.338 e. The fraction of sp³-hybridized carbons (Fsp3) is 0.333. The van der Waals surface area contributed by atoms with E-state index in [0.29, 0.717) is 16.6 Å². The van der Waals surface area contributed by atoms with Gasteiger partial charge >= 0.3 is 6.18 Å². The van der Waals surface area contributed by atoms with Crippen LogP contribution in [0.4, 0.5) is 13.2 Å². The van der Waals surface area contributed by atoms with Gasteiger partial charge in [0.25, 0.3) is 0 Å². The molecule has 2 rings (SSSR count). The number of hydrogen-bond donors (Lipinski definition) is 1. The maximum absolute atomic E-state index is 12.0. The summed E-state index contributed by atoms with van der Waals surface area (Å²) in [4.78, 5) is 4.95. The van der Waals surface area contributed by atoms with E-state index in [-0.39, 0.29) is 12.4 Å². The van der Waals surface area contributed by atoms with Gasteiger partial charge in [-0.2, -0.15) is 18.2 Å².